The van der Waals surface area contributed by atoms with Crippen molar-refractivity contribution >= 4 is 23.3 Å². The highest BCUT2D eigenvalue weighted by Crippen LogP contribution is 2.25. The molecule has 3 N–H and O–H groups in total. The Balaban J connectivity index is 2.28. The maximum atomic E-state index is 11.7. The first-order valence-corrected chi connectivity index (χ1v) is 7.12. The Bertz CT molecular complexity index is 473. The van der Waals surface area contributed by atoms with Crippen molar-refractivity contribution in [3.8, 4) is 0 Å². The quantitative estimate of drug-likeness (QED) is 0.670. The van der Waals surface area contributed by atoms with E-state index in [1.54, 1.807) is 11.3 Å². The average molecular weight is 300 g/mol. The number of hydrogen-bond acceptors (Lipinski definition) is 4. The normalized spacial score (nSPS) is 11.9. The highest BCUT2D eigenvalue weighted by atomic mass is 32.1. The number of urea groups is 1. The van der Waals surface area contributed by atoms with Gasteiger partial charge in [0.2, 0.25) is 0 Å². The summed E-state index contributed by atoms with van der Waals surface area (Å²) >= 11 is 1.70. The number of carboxylic acid groups (broad SMARTS) is 1. The largest absolute Gasteiger partial charge is 0.480 e. The van der Waals surface area contributed by atoms with Crippen molar-refractivity contribution in [2.24, 2.45) is 0 Å². The number of aliphatic carboxylic acids is 1. The number of aryl methyl sites for hydroxylation is 2. The van der Waals surface area contributed by atoms with E-state index in [0.717, 1.165) is 5.56 Å². The molecule has 0 aliphatic heterocycles. The number of nitrogens with one attached hydrogen (secondary N) is 2. The minimum Gasteiger partial charge on any atom is -0.480 e. The SMILES string of the molecule is Cc1cc(C(C)NC(=O)NCCOCC(=O)O)c(C)s1. The molecule has 1 heterocycles. The van der Waals surface area contributed by atoms with Gasteiger partial charge in [0, 0.05) is 16.3 Å². The fourth-order valence-corrected chi connectivity index (χ4v) is 2.82. The van der Waals surface area contributed by atoms with Gasteiger partial charge in [0.25, 0.3) is 0 Å². The van der Waals surface area contributed by atoms with E-state index in [1.807, 2.05) is 20.8 Å². The molecule has 0 aliphatic carbocycles. The van der Waals surface area contributed by atoms with Gasteiger partial charge >= 0.3 is 12.0 Å². The van der Waals surface area contributed by atoms with Crippen LogP contribution in [0.1, 0.15) is 28.3 Å². The lowest BCUT2D eigenvalue weighted by atomic mass is 10.1. The van der Waals surface area contributed by atoms with Crippen LogP contribution in [-0.2, 0) is 9.53 Å². The monoisotopic (exact) mass is 300 g/mol. The van der Waals surface area contributed by atoms with Crippen LogP contribution in [0.4, 0.5) is 4.79 Å². The molecule has 7 heteroatoms. The maximum Gasteiger partial charge on any atom is 0.329 e. The topological polar surface area (TPSA) is 87.7 Å². The molecule has 0 saturated heterocycles. The Hall–Kier alpha value is -1.60. The van der Waals surface area contributed by atoms with Gasteiger partial charge in [-0.2, -0.15) is 0 Å². The van der Waals surface area contributed by atoms with Crippen LogP contribution in [0.3, 0.4) is 0 Å². The van der Waals surface area contributed by atoms with Crippen LogP contribution < -0.4 is 10.6 Å². The average Bonchev–Trinajstić information content (AvgIpc) is 2.67. The molecule has 2 amide bonds. The number of carboxylic acids is 1. The number of carbonyl (C=O) groups excluding carboxylic acids is 1. The first kappa shape index (κ1) is 16.5. The van der Waals surface area contributed by atoms with Crippen molar-refractivity contribution in [1.29, 1.82) is 0 Å². The fraction of sp³-hybridized carbons (Fsp3) is 0.538. The van der Waals surface area contributed by atoms with Crippen molar-refractivity contribution in [3.63, 3.8) is 0 Å². The predicted molar refractivity (Wildman–Crippen MR) is 77.2 cm³/mol. The van der Waals surface area contributed by atoms with Crippen LogP contribution in [0.15, 0.2) is 6.07 Å². The van der Waals surface area contributed by atoms with E-state index in [2.05, 4.69) is 16.7 Å². The van der Waals surface area contributed by atoms with Crippen LogP contribution in [0.25, 0.3) is 0 Å². The smallest absolute Gasteiger partial charge is 0.329 e. The molecule has 6 nitrogen and oxygen atoms in total. The van der Waals surface area contributed by atoms with Crippen LogP contribution in [0.2, 0.25) is 0 Å². The summed E-state index contributed by atoms with van der Waals surface area (Å²) in [6, 6.07) is 1.71. The van der Waals surface area contributed by atoms with Crippen molar-refractivity contribution in [2.75, 3.05) is 19.8 Å². The van der Waals surface area contributed by atoms with Crippen LogP contribution >= 0.6 is 11.3 Å². The molecule has 0 fully saturated rings. The molecular formula is C13H20N2O4S. The van der Waals surface area contributed by atoms with Crippen molar-refractivity contribution in [2.45, 2.75) is 26.8 Å². The first-order valence-electron chi connectivity index (χ1n) is 6.31. The minimum atomic E-state index is -1.02. The lowest BCUT2D eigenvalue weighted by Crippen LogP contribution is -2.38. The van der Waals surface area contributed by atoms with Crippen molar-refractivity contribution < 1.29 is 19.4 Å². The van der Waals surface area contributed by atoms with Crippen molar-refractivity contribution in [3.05, 3.63) is 21.4 Å². The van der Waals surface area contributed by atoms with E-state index in [9.17, 15) is 9.59 Å². The van der Waals surface area contributed by atoms with Gasteiger partial charge in [0.15, 0.2) is 0 Å². The number of amides is 2. The Labute approximate surface area is 122 Å². The fourth-order valence-electron chi connectivity index (χ4n) is 1.80. The molecule has 20 heavy (non-hydrogen) atoms. The molecule has 0 saturated carbocycles. The van der Waals surface area contributed by atoms with E-state index in [4.69, 9.17) is 9.84 Å². The van der Waals surface area contributed by atoms with Gasteiger partial charge in [-0.15, -0.1) is 11.3 Å². The standard InChI is InChI=1S/C13H20N2O4S/c1-8-6-11(10(3)20-8)9(2)15-13(18)14-4-5-19-7-12(16)17/h6,9H,4-5,7H2,1-3H3,(H,16,17)(H2,14,15,18). The van der Waals surface area contributed by atoms with Gasteiger partial charge < -0.3 is 20.5 Å². The van der Waals surface area contributed by atoms with E-state index in [1.165, 1.54) is 9.75 Å². The number of ether oxygens (including phenoxy) is 1. The van der Waals surface area contributed by atoms with Gasteiger partial charge in [-0.3, -0.25) is 0 Å². The third-order valence-corrected chi connectivity index (χ3v) is 3.63. The second-order valence-electron chi connectivity index (χ2n) is 4.44. The Morgan fingerprint density at radius 1 is 1.45 bits per heavy atom. The van der Waals surface area contributed by atoms with Crippen molar-refractivity contribution in [1.82, 2.24) is 10.6 Å². The maximum absolute atomic E-state index is 11.7. The molecule has 0 bridgehead atoms. The molecule has 0 radical (unpaired) electrons. The zero-order valence-corrected chi connectivity index (χ0v) is 12.7. The Kier molecular flexibility index (Phi) is 6.47. The molecule has 0 aliphatic rings. The second-order valence-corrected chi connectivity index (χ2v) is 5.90. The van der Waals surface area contributed by atoms with Crippen LogP contribution in [0, 0.1) is 13.8 Å². The summed E-state index contributed by atoms with van der Waals surface area (Å²) in [5.41, 5.74) is 1.12. The minimum absolute atomic E-state index is 0.0695. The number of thiophene rings is 1. The number of carbonyl (C=O) groups is 2. The van der Waals surface area contributed by atoms with E-state index in [0.29, 0.717) is 0 Å². The lowest BCUT2D eigenvalue weighted by Gasteiger charge is -2.14. The van der Waals surface area contributed by atoms with Crippen LogP contribution in [0.5, 0.6) is 0 Å². The van der Waals surface area contributed by atoms with Gasteiger partial charge in [-0.1, -0.05) is 0 Å². The third-order valence-electron chi connectivity index (χ3n) is 2.65. The summed E-state index contributed by atoms with van der Waals surface area (Å²) in [5.74, 6) is -1.02. The Morgan fingerprint density at radius 2 is 2.15 bits per heavy atom. The summed E-state index contributed by atoms with van der Waals surface area (Å²) in [4.78, 5) is 24.3. The summed E-state index contributed by atoms with van der Waals surface area (Å²) in [7, 11) is 0. The highest BCUT2D eigenvalue weighted by Gasteiger charge is 2.13. The molecule has 1 unspecified atom stereocenters. The molecule has 0 aromatic carbocycles. The first-order chi connectivity index (χ1) is 9.40. The summed E-state index contributed by atoms with van der Waals surface area (Å²) in [6.07, 6.45) is 0. The molecule has 1 aromatic heterocycles. The lowest BCUT2D eigenvalue weighted by molar-refractivity contribution is -0.142. The van der Waals surface area contributed by atoms with E-state index >= 15 is 0 Å². The van der Waals surface area contributed by atoms with Gasteiger partial charge in [-0.25, -0.2) is 9.59 Å². The molecule has 1 rings (SSSR count). The zero-order valence-electron chi connectivity index (χ0n) is 11.9. The molecule has 112 valence electrons. The van der Waals surface area contributed by atoms with Crippen LogP contribution in [-0.4, -0.2) is 36.9 Å². The van der Waals surface area contributed by atoms with E-state index < -0.39 is 5.97 Å². The van der Waals surface area contributed by atoms with Gasteiger partial charge in [-0.05, 0) is 32.4 Å². The number of rotatable bonds is 7. The summed E-state index contributed by atoms with van der Waals surface area (Å²) in [6.45, 7) is 6.08. The predicted octanol–water partition coefficient (Wildman–Crippen LogP) is 1.83. The molecule has 1 atom stereocenters. The molecule has 0 spiro atoms. The second kappa shape index (κ2) is 7.86. The summed E-state index contributed by atoms with van der Waals surface area (Å²) < 4.78 is 4.82. The molecular weight excluding hydrogens is 280 g/mol. The van der Waals surface area contributed by atoms with E-state index in [-0.39, 0.29) is 31.8 Å². The number of hydrogen-bond donors (Lipinski definition) is 3. The van der Waals surface area contributed by atoms with Gasteiger partial charge in [0.1, 0.15) is 6.61 Å². The zero-order chi connectivity index (χ0) is 15.1. The third kappa shape index (κ3) is 5.58. The highest BCUT2D eigenvalue weighted by molar-refractivity contribution is 7.12. The van der Waals surface area contributed by atoms with Gasteiger partial charge in [0.05, 0.1) is 12.6 Å². The summed E-state index contributed by atoms with van der Waals surface area (Å²) in [5, 5.41) is 13.8. The molecule has 1 aromatic rings. The Morgan fingerprint density at radius 3 is 2.70 bits per heavy atom.